The van der Waals surface area contributed by atoms with Gasteiger partial charge in [-0.15, -0.1) is 0 Å². The van der Waals surface area contributed by atoms with Crippen molar-refractivity contribution in [3.05, 3.63) is 193 Å². The highest BCUT2D eigenvalue weighted by molar-refractivity contribution is 8.27. The molecule has 0 bridgehead atoms. The van der Waals surface area contributed by atoms with Crippen molar-refractivity contribution in [3.63, 3.8) is 0 Å². The lowest BCUT2D eigenvalue weighted by molar-refractivity contribution is 1.25. The van der Waals surface area contributed by atoms with Gasteiger partial charge < -0.3 is 0 Å². The van der Waals surface area contributed by atoms with Crippen molar-refractivity contribution in [1.29, 1.82) is 21.6 Å². The molecule has 0 unspecified atom stereocenters. The van der Waals surface area contributed by atoms with Crippen LogP contribution in [0, 0.1) is 21.6 Å². The first-order valence-corrected chi connectivity index (χ1v) is 20.8. The van der Waals surface area contributed by atoms with Crippen molar-refractivity contribution in [2.75, 3.05) is 0 Å². The van der Waals surface area contributed by atoms with Gasteiger partial charge in [0, 0.05) is 16.5 Å². The zero-order valence-corrected chi connectivity index (χ0v) is 33.4. The minimum Gasteiger partial charge on any atom is -0.292 e. The van der Waals surface area contributed by atoms with Crippen molar-refractivity contribution in [1.82, 2.24) is 19.9 Å². The number of aromatic nitrogens is 4. The second-order valence-corrected chi connectivity index (χ2v) is 16.2. The van der Waals surface area contributed by atoms with Crippen LogP contribution in [-0.2, 0) is 0 Å². The predicted octanol–water partition coefficient (Wildman–Crippen LogP) is 12.5. The van der Waals surface area contributed by atoms with Crippen LogP contribution in [0.4, 0.5) is 0 Å². The van der Waals surface area contributed by atoms with Crippen LogP contribution < -0.4 is 0 Å². The summed E-state index contributed by atoms with van der Waals surface area (Å²) in [5.41, 5.74) is 5.46. The fourth-order valence-electron chi connectivity index (χ4n) is 7.62. The van der Waals surface area contributed by atoms with Gasteiger partial charge in [0.25, 0.3) is 0 Å². The number of benzene rings is 6. The lowest BCUT2D eigenvalue weighted by Gasteiger charge is -2.12. The molecule has 0 spiro atoms. The Kier molecular flexibility index (Phi) is 9.48. The first-order chi connectivity index (χ1) is 29.4. The van der Waals surface area contributed by atoms with E-state index in [1.807, 2.05) is 84.9 Å². The average Bonchev–Trinajstić information content (AvgIpc) is 3.30. The summed E-state index contributed by atoms with van der Waals surface area (Å²) in [6, 6.07) is 55.9. The average molecular weight is 809 g/mol. The van der Waals surface area contributed by atoms with E-state index in [9.17, 15) is 0 Å². The van der Waals surface area contributed by atoms with Crippen molar-refractivity contribution >= 4 is 97.8 Å². The van der Waals surface area contributed by atoms with Gasteiger partial charge in [-0.3, -0.25) is 21.6 Å². The largest absolute Gasteiger partial charge is 0.292 e. The molecule has 6 aromatic carbocycles. The number of hydrogen-bond acceptors (Lipinski definition) is 10. The molecule has 0 atom stereocenters. The maximum absolute atomic E-state index is 8.94. The van der Waals surface area contributed by atoms with Crippen LogP contribution in [0.3, 0.4) is 0 Å². The fraction of sp³-hybridized carbons (Fsp3) is 0. The van der Waals surface area contributed by atoms with Crippen LogP contribution in [0.15, 0.2) is 170 Å². The Morgan fingerprint density at radius 1 is 0.317 bits per heavy atom. The monoisotopic (exact) mass is 808 g/mol. The van der Waals surface area contributed by atoms with E-state index in [1.165, 1.54) is 10.8 Å². The lowest BCUT2D eigenvalue weighted by atomic mass is 9.95. The van der Waals surface area contributed by atoms with Gasteiger partial charge in [0.2, 0.25) is 0 Å². The molecule has 0 amide bonds. The molecule has 0 saturated heterocycles. The molecule has 0 aliphatic carbocycles. The summed E-state index contributed by atoms with van der Waals surface area (Å²) < 4.78 is 0. The van der Waals surface area contributed by atoms with Crippen molar-refractivity contribution in [2.45, 2.75) is 0 Å². The summed E-state index contributed by atoms with van der Waals surface area (Å²) in [7, 11) is 0. The molecule has 0 radical (unpaired) electrons. The molecule has 10 aromatic rings. The Morgan fingerprint density at radius 3 is 1.12 bits per heavy atom. The SMILES string of the molecule is N=C(SC(=N)c1ccc2ccc(C(=N)SC(=N)c3cccc(-c4cc5ccccc5c5ccccc45)n3)nc2n1)c1cccc(-c2cc3ccccc3c3ccccc23)n1. The number of nitrogens with zero attached hydrogens (tertiary/aromatic N) is 4. The Bertz CT molecular complexity index is 3210. The van der Waals surface area contributed by atoms with E-state index in [1.54, 1.807) is 24.3 Å². The van der Waals surface area contributed by atoms with E-state index in [0.29, 0.717) is 28.4 Å². The van der Waals surface area contributed by atoms with Crippen LogP contribution in [0.5, 0.6) is 0 Å². The third-order valence-electron chi connectivity index (χ3n) is 10.5. The summed E-state index contributed by atoms with van der Waals surface area (Å²) in [5, 5.41) is 45.9. The topological polar surface area (TPSA) is 147 Å². The molecular weight excluding hydrogens is 777 g/mol. The molecule has 10 rings (SSSR count). The molecule has 8 nitrogen and oxygen atoms in total. The molecular formula is C50H32N8S2. The highest BCUT2D eigenvalue weighted by atomic mass is 32.2. The van der Waals surface area contributed by atoms with E-state index >= 15 is 0 Å². The second kappa shape index (κ2) is 15.4. The lowest BCUT2D eigenvalue weighted by Crippen LogP contribution is -2.07. The van der Waals surface area contributed by atoms with Crippen LogP contribution in [0.1, 0.15) is 22.8 Å². The van der Waals surface area contributed by atoms with Gasteiger partial charge in [0.1, 0.15) is 20.2 Å². The molecule has 0 aliphatic rings. The van der Waals surface area contributed by atoms with Crippen LogP contribution >= 0.6 is 23.5 Å². The van der Waals surface area contributed by atoms with Crippen molar-refractivity contribution in [2.24, 2.45) is 0 Å². The standard InChI is InChI=1S/C50H32N8S2/c51-46(42-21-9-19-40(55-42)38-27-30-11-1-3-13-32(30)34-15-5-7-17-36(34)38)59-48(53)44-25-23-29-24-26-45(58-50(29)57-44)49(54)60-47(52)43-22-10-20-41(56-43)39-28-31-12-2-4-14-33(31)35-16-6-8-18-37(35)39/h1-28,51-54H. The Morgan fingerprint density at radius 2 is 0.683 bits per heavy atom. The Hall–Kier alpha value is -7.40. The summed E-state index contributed by atoms with van der Waals surface area (Å²) in [6.07, 6.45) is 0. The molecule has 4 heterocycles. The number of pyridine rings is 4. The number of fused-ring (bicyclic) bond motifs is 7. The second-order valence-electron chi connectivity index (χ2n) is 14.2. The summed E-state index contributed by atoms with van der Waals surface area (Å²) in [5.74, 6) is 0. The van der Waals surface area contributed by atoms with E-state index in [-0.39, 0.29) is 20.2 Å². The first kappa shape index (κ1) is 36.9. The molecule has 0 saturated carbocycles. The zero-order chi connectivity index (χ0) is 40.7. The van der Waals surface area contributed by atoms with E-state index in [0.717, 1.165) is 83.7 Å². The number of rotatable bonds is 6. The third kappa shape index (κ3) is 6.87. The van der Waals surface area contributed by atoms with Gasteiger partial charge in [0.15, 0.2) is 5.65 Å². The molecule has 60 heavy (non-hydrogen) atoms. The normalized spacial score (nSPS) is 11.4. The minimum atomic E-state index is 0.0776. The van der Waals surface area contributed by atoms with Crippen molar-refractivity contribution < 1.29 is 0 Å². The third-order valence-corrected chi connectivity index (χ3v) is 12.1. The van der Waals surface area contributed by atoms with E-state index < -0.39 is 0 Å². The van der Waals surface area contributed by atoms with Crippen LogP contribution in [-0.4, -0.2) is 40.1 Å². The van der Waals surface area contributed by atoms with Crippen molar-refractivity contribution in [3.8, 4) is 22.5 Å². The van der Waals surface area contributed by atoms with E-state index in [4.69, 9.17) is 31.6 Å². The maximum atomic E-state index is 8.94. The van der Waals surface area contributed by atoms with Crippen LogP contribution in [0.25, 0.3) is 76.6 Å². The molecule has 10 heteroatoms. The predicted molar refractivity (Wildman–Crippen MR) is 251 cm³/mol. The smallest absolute Gasteiger partial charge is 0.160 e. The van der Waals surface area contributed by atoms with Gasteiger partial charge in [-0.05, 0) is 127 Å². The number of thioether (sulfide) groups is 2. The highest BCUT2D eigenvalue weighted by Crippen LogP contribution is 2.36. The van der Waals surface area contributed by atoms with Gasteiger partial charge >= 0.3 is 0 Å². The Balaban J connectivity index is 0.866. The Labute approximate surface area is 352 Å². The summed E-state index contributed by atoms with van der Waals surface area (Å²) >= 11 is 1.95. The van der Waals surface area contributed by atoms with Gasteiger partial charge in [0.05, 0.1) is 34.2 Å². The van der Waals surface area contributed by atoms with E-state index in [2.05, 4.69) is 70.6 Å². The summed E-state index contributed by atoms with van der Waals surface area (Å²) in [4.78, 5) is 19.1. The molecule has 4 N–H and O–H groups in total. The van der Waals surface area contributed by atoms with Gasteiger partial charge in [-0.1, -0.05) is 109 Å². The van der Waals surface area contributed by atoms with Gasteiger partial charge in [-0.2, -0.15) is 0 Å². The molecule has 0 fully saturated rings. The molecule has 4 aromatic heterocycles. The highest BCUT2D eigenvalue weighted by Gasteiger charge is 2.18. The minimum absolute atomic E-state index is 0.0776. The van der Waals surface area contributed by atoms with Gasteiger partial charge in [-0.25, -0.2) is 19.9 Å². The zero-order valence-electron chi connectivity index (χ0n) is 31.8. The molecule has 0 aliphatic heterocycles. The summed E-state index contributed by atoms with van der Waals surface area (Å²) in [6.45, 7) is 0. The van der Waals surface area contributed by atoms with Crippen LogP contribution in [0.2, 0.25) is 0 Å². The maximum Gasteiger partial charge on any atom is 0.160 e. The quantitative estimate of drug-likeness (QED) is 0.0747. The fourth-order valence-corrected chi connectivity index (χ4v) is 8.90. The first-order valence-electron chi connectivity index (χ1n) is 19.1. The number of nitrogens with one attached hydrogen (secondary N) is 4. The molecule has 284 valence electrons. The number of hydrogen-bond donors (Lipinski definition) is 4.